The fraction of sp³-hybridized carbons (Fsp3) is 0.348. The molecule has 2 aromatic carbocycles. The van der Waals surface area contributed by atoms with Crippen LogP contribution in [-0.2, 0) is 11.0 Å². The van der Waals surface area contributed by atoms with Crippen LogP contribution >= 0.6 is 0 Å². The molecule has 11 heteroatoms. The predicted octanol–water partition coefficient (Wildman–Crippen LogP) is 2.78. The number of piperidine rings is 1. The number of rotatable bonds is 5. The Morgan fingerprint density at radius 2 is 1.82 bits per heavy atom. The summed E-state index contributed by atoms with van der Waals surface area (Å²) in [6.07, 6.45) is -5.62. The highest BCUT2D eigenvalue weighted by Gasteiger charge is 2.38. The zero-order valence-corrected chi connectivity index (χ0v) is 18.4. The number of nitrogens with two attached hydrogens (primary N) is 1. The van der Waals surface area contributed by atoms with Crippen molar-refractivity contribution in [2.24, 2.45) is 5.73 Å². The van der Waals surface area contributed by atoms with Crippen LogP contribution in [0.15, 0.2) is 42.5 Å². The van der Waals surface area contributed by atoms with Gasteiger partial charge in [0.2, 0.25) is 0 Å². The van der Waals surface area contributed by atoms with Crippen LogP contribution in [0.3, 0.4) is 0 Å². The number of hydrogen-bond donors (Lipinski definition) is 4. The average molecular weight is 478 g/mol. The normalized spacial score (nSPS) is 15.5. The second-order valence-corrected chi connectivity index (χ2v) is 7.92. The van der Waals surface area contributed by atoms with Crippen LogP contribution in [-0.4, -0.2) is 48.0 Å². The van der Waals surface area contributed by atoms with Gasteiger partial charge in [0.15, 0.2) is 12.1 Å². The number of benzene rings is 2. The molecule has 2 aromatic rings. The molecule has 1 saturated heterocycles. The zero-order chi connectivity index (χ0) is 25.0. The number of alkyl halides is 3. The molecule has 1 atom stereocenters. The van der Waals surface area contributed by atoms with Gasteiger partial charge in [0, 0.05) is 13.1 Å². The van der Waals surface area contributed by atoms with E-state index in [-0.39, 0.29) is 37.2 Å². The van der Waals surface area contributed by atoms with Gasteiger partial charge in [-0.15, -0.1) is 0 Å². The lowest BCUT2D eigenvalue weighted by molar-refractivity contribution is -0.142. The van der Waals surface area contributed by atoms with Crippen molar-refractivity contribution < 1.29 is 32.6 Å². The highest BCUT2D eigenvalue weighted by atomic mass is 19.4. The molecule has 3 rings (SSSR count). The molecule has 8 nitrogen and oxygen atoms in total. The molecule has 34 heavy (non-hydrogen) atoms. The van der Waals surface area contributed by atoms with Crippen molar-refractivity contribution in [3.63, 3.8) is 0 Å². The van der Waals surface area contributed by atoms with Crippen molar-refractivity contribution in [2.45, 2.75) is 31.0 Å². The van der Waals surface area contributed by atoms with Gasteiger partial charge in [-0.25, -0.2) is 0 Å². The van der Waals surface area contributed by atoms with Crippen LogP contribution in [0.5, 0.6) is 5.75 Å². The summed E-state index contributed by atoms with van der Waals surface area (Å²) in [4.78, 5) is 26.4. The van der Waals surface area contributed by atoms with E-state index in [4.69, 9.17) is 15.9 Å². The van der Waals surface area contributed by atoms with Gasteiger partial charge in [0.25, 0.3) is 11.8 Å². The number of carbonyl (C=O) groups excluding carboxylic acids is 2. The van der Waals surface area contributed by atoms with Crippen LogP contribution < -0.4 is 15.8 Å². The summed E-state index contributed by atoms with van der Waals surface area (Å²) in [5.74, 6) is -2.83. The molecule has 0 bridgehead atoms. The first-order chi connectivity index (χ1) is 16.0. The molecule has 182 valence electrons. The monoisotopic (exact) mass is 478 g/mol. The van der Waals surface area contributed by atoms with Gasteiger partial charge in [-0.1, -0.05) is 30.3 Å². The van der Waals surface area contributed by atoms with Crippen molar-refractivity contribution in [1.29, 1.82) is 5.41 Å². The number of amides is 2. The zero-order valence-electron chi connectivity index (χ0n) is 18.4. The van der Waals surface area contributed by atoms with Crippen LogP contribution in [0.2, 0.25) is 0 Å². The minimum absolute atomic E-state index is 0.0422. The third-order valence-corrected chi connectivity index (χ3v) is 5.77. The van der Waals surface area contributed by atoms with E-state index >= 15 is 0 Å². The van der Waals surface area contributed by atoms with Crippen LogP contribution in [0, 0.1) is 5.41 Å². The number of carbonyl (C=O) groups is 2. The Kier molecular flexibility index (Phi) is 7.45. The third kappa shape index (κ3) is 5.48. The number of aliphatic hydroxyl groups is 1. The topological polar surface area (TPSA) is 129 Å². The molecule has 0 saturated carbocycles. The first kappa shape index (κ1) is 25.0. The fourth-order valence-electron chi connectivity index (χ4n) is 4.08. The smallest absolute Gasteiger partial charge is 0.416 e. The Balaban J connectivity index is 1.84. The lowest BCUT2D eigenvalue weighted by Gasteiger charge is -2.34. The maximum Gasteiger partial charge on any atom is 0.416 e. The first-order valence-electron chi connectivity index (χ1n) is 10.5. The highest BCUT2D eigenvalue weighted by molar-refractivity contribution is 6.06. The van der Waals surface area contributed by atoms with Crippen LogP contribution in [0.1, 0.15) is 51.9 Å². The highest BCUT2D eigenvalue weighted by Crippen LogP contribution is 2.42. The quantitative estimate of drug-likeness (QED) is 0.388. The molecule has 1 heterocycles. The van der Waals surface area contributed by atoms with E-state index in [1.54, 1.807) is 30.3 Å². The molecular weight excluding hydrogens is 453 g/mol. The summed E-state index contributed by atoms with van der Waals surface area (Å²) in [7, 11) is 1.23. The van der Waals surface area contributed by atoms with Crippen molar-refractivity contribution in [3.8, 4) is 5.75 Å². The van der Waals surface area contributed by atoms with Gasteiger partial charge in [0.1, 0.15) is 5.75 Å². The van der Waals surface area contributed by atoms with Gasteiger partial charge < -0.3 is 20.5 Å². The molecular formula is C23H25F3N4O4. The maximum atomic E-state index is 13.9. The summed E-state index contributed by atoms with van der Waals surface area (Å²) in [5.41, 5.74) is 4.14. The number of hydrogen-bond acceptors (Lipinski definition) is 5. The SMILES string of the molecule is COc1cc(C2CCN(C(=O)[C@@H](O)c3ccccc3)CC2)c(C(F)(F)F)cc1C(=O)NC(=N)N. The van der Waals surface area contributed by atoms with Crippen LogP contribution in [0.4, 0.5) is 13.2 Å². The van der Waals surface area contributed by atoms with E-state index in [0.29, 0.717) is 11.6 Å². The second kappa shape index (κ2) is 10.1. The van der Waals surface area contributed by atoms with Crippen molar-refractivity contribution in [2.75, 3.05) is 20.2 Å². The molecule has 5 N–H and O–H groups in total. The Morgan fingerprint density at radius 3 is 2.35 bits per heavy atom. The summed E-state index contributed by atoms with van der Waals surface area (Å²) >= 11 is 0. The number of nitrogens with zero attached hydrogens (tertiary/aromatic N) is 1. The van der Waals surface area contributed by atoms with Crippen molar-refractivity contribution in [1.82, 2.24) is 10.2 Å². The summed E-state index contributed by atoms with van der Waals surface area (Å²) in [5, 5.41) is 19.5. The number of likely N-dealkylation sites (tertiary alicyclic amines) is 1. The lowest BCUT2D eigenvalue weighted by atomic mass is 9.85. The Hall–Kier alpha value is -3.60. The Labute approximate surface area is 194 Å². The number of methoxy groups -OCH3 is 1. The van der Waals surface area contributed by atoms with Gasteiger partial charge in [0.05, 0.1) is 18.2 Å². The number of halogens is 3. The predicted molar refractivity (Wildman–Crippen MR) is 117 cm³/mol. The molecule has 0 unspecified atom stereocenters. The molecule has 0 aromatic heterocycles. The minimum Gasteiger partial charge on any atom is -0.496 e. The van der Waals surface area contributed by atoms with E-state index in [2.05, 4.69) is 0 Å². The lowest BCUT2D eigenvalue weighted by Crippen LogP contribution is -2.41. The average Bonchev–Trinajstić information content (AvgIpc) is 2.81. The Morgan fingerprint density at radius 1 is 1.21 bits per heavy atom. The minimum atomic E-state index is -4.75. The van der Waals surface area contributed by atoms with Crippen LogP contribution in [0.25, 0.3) is 0 Å². The summed E-state index contributed by atoms with van der Waals surface area (Å²) in [6.45, 7) is 0.333. The molecule has 1 fully saturated rings. The molecule has 0 spiro atoms. The van der Waals surface area contributed by atoms with Gasteiger partial charge in [-0.2, -0.15) is 13.2 Å². The van der Waals surface area contributed by atoms with E-state index in [1.807, 2.05) is 5.32 Å². The molecule has 0 aliphatic carbocycles. The second-order valence-electron chi connectivity index (χ2n) is 7.92. The van der Waals surface area contributed by atoms with E-state index in [9.17, 15) is 27.9 Å². The number of nitrogens with one attached hydrogen (secondary N) is 2. The third-order valence-electron chi connectivity index (χ3n) is 5.77. The number of guanidine groups is 1. The summed E-state index contributed by atoms with van der Waals surface area (Å²) in [6, 6.07) is 10.3. The number of ether oxygens (including phenoxy) is 1. The van der Waals surface area contributed by atoms with Crippen molar-refractivity contribution in [3.05, 3.63) is 64.7 Å². The first-order valence-corrected chi connectivity index (χ1v) is 10.5. The standard InChI is InChI=1S/C23H25F3N4O4/c1-34-18-12-15(17(23(24,25)26)11-16(18)20(32)29-22(27)28)13-7-9-30(10-8-13)21(33)19(31)14-5-3-2-4-6-14/h2-6,11-13,19,31H,7-10H2,1H3,(H4,27,28,29,32)/t19-/m0/s1. The summed E-state index contributed by atoms with van der Waals surface area (Å²) < 4.78 is 46.9. The molecule has 1 aliphatic heterocycles. The maximum absolute atomic E-state index is 13.9. The fourth-order valence-corrected chi connectivity index (χ4v) is 4.08. The van der Waals surface area contributed by atoms with Gasteiger partial charge in [-0.3, -0.25) is 20.3 Å². The van der Waals surface area contributed by atoms with E-state index in [1.165, 1.54) is 18.1 Å². The molecule has 0 radical (unpaired) electrons. The van der Waals surface area contributed by atoms with Crippen molar-refractivity contribution >= 4 is 17.8 Å². The molecule has 2 amide bonds. The Bertz CT molecular complexity index is 1070. The van der Waals surface area contributed by atoms with Gasteiger partial charge >= 0.3 is 6.18 Å². The van der Waals surface area contributed by atoms with Gasteiger partial charge in [-0.05, 0) is 42.0 Å². The number of aliphatic hydroxyl groups excluding tert-OH is 1. The largest absolute Gasteiger partial charge is 0.496 e. The van der Waals surface area contributed by atoms with E-state index in [0.717, 1.165) is 0 Å². The molecule has 1 aliphatic rings. The van der Waals surface area contributed by atoms with E-state index < -0.39 is 47.1 Å².